The van der Waals surface area contributed by atoms with Crippen LogP contribution in [0.25, 0.3) is 0 Å². The summed E-state index contributed by atoms with van der Waals surface area (Å²) in [6.45, 7) is 9.58. The highest BCUT2D eigenvalue weighted by Gasteiger charge is 2.31. The molecule has 1 aliphatic rings. The maximum atomic E-state index is 5.73. The second-order valence-corrected chi connectivity index (χ2v) is 5.42. The van der Waals surface area contributed by atoms with E-state index in [2.05, 4.69) is 35.9 Å². The standard InChI is InChI=1S/C12H22N4O/c1-7-5-8(2)10(4)16(6-7)12-15-14-11(17-12)9(3)13/h7-10H,5-6,13H2,1-4H3. The van der Waals surface area contributed by atoms with Gasteiger partial charge in [0.25, 0.3) is 0 Å². The van der Waals surface area contributed by atoms with Crippen LogP contribution in [0.5, 0.6) is 0 Å². The van der Waals surface area contributed by atoms with Crippen LogP contribution in [0.1, 0.15) is 46.0 Å². The third-order valence-corrected chi connectivity index (χ3v) is 3.66. The fourth-order valence-corrected chi connectivity index (χ4v) is 2.49. The monoisotopic (exact) mass is 238 g/mol. The van der Waals surface area contributed by atoms with Gasteiger partial charge in [-0.05, 0) is 32.1 Å². The van der Waals surface area contributed by atoms with Crippen molar-refractivity contribution in [3.8, 4) is 0 Å². The molecule has 1 aromatic heterocycles. The second kappa shape index (κ2) is 4.64. The van der Waals surface area contributed by atoms with E-state index in [1.165, 1.54) is 6.42 Å². The van der Waals surface area contributed by atoms with Crippen molar-refractivity contribution in [1.82, 2.24) is 10.2 Å². The normalized spacial score (nSPS) is 31.6. The minimum Gasteiger partial charge on any atom is -0.406 e. The number of anilines is 1. The summed E-state index contributed by atoms with van der Waals surface area (Å²) in [5, 5.41) is 8.10. The topological polar surface area (TPSA) is 68.2 Å². The molecule has 1 aliphatic heterocycles. The first-order chi connectivity index (χ1) is 7.99. The Morgan fingerprint density at radius 2 is 2.06 bits per heavy atom. The molecule has 0 aliphatic carbocycles. The SMILES string of the molecule is CC1CC(C)C(C)N(c2nnc(C(C)N)o2)C1. The van der Waals surface area contributed by atoms with Gasteiger partial charge in [-0.2, -0.15) is 0 Å². The third-order valence-electron chi connectivity index (χ3n) is 3.66. The molecule has 1 aromatic rings. The summed E-state index contributed by atoms with van der Waals surface area (Å²) in [7, 11) is 0. The fraction of sp³-hybridized carbons (Fsp3) is 0.833. The lowest BCUT2D eigenvalue weighted by Gasteiger charge is -2.39. The molecule has 0 bridgehead atoms. The first-order valence-corrected chi connectivity index (χ1v) is 6.34. The van der Waals surface area contributed by atoms with E-state index in [-0.39, 0.29) is 6.04 Å². The van der Waals surface area contributed by atoms with Gasteiger partial charge in [0.15, 0.2) is 0 Å². The first-order valence-electron chi connectivity index (χ1n) is 6.34. The second-order valence-electron chi connectivity index (χ2n) is 5.42. The van der Waals surface area contributed by atoms with Crippen molar-refractivity contribution < 1.29 is 4.42 Å². The molecule has 1 fully saturated rings. The average Bonchev–Trinajstić information content (AvgIpc) is 2.72. The van der Waals surface area contributed by atoms with Crippen LogP contribution in [-0.2, 0) is 0 Å². The number of piperidine rings is 1. The smallest absolute Gasteiger partial charge is 0.318 e. The lowest BCUT2D eigenvalue weighted by atomic mass is 9.86. The number of nitrogens with zero attached hydrogens (tertiary/aromatic N) is 3. The Kier molecular flexibility index (Phi) is 3.38. The molecule has 2 N–H and O–H groups in total. The van der Waals surface area contributed by atoms with E-state index >= 15 is 0 Å². The van der Waals surface area contributed by atoms with E-state index in [0.717, 1.165) is 6.54 Å². The molecule has 96 valence electrons. The number of hydrogen-bond acceptors (Lipinski definition) is 5. The van der Waals surface area contributed by atoms with Gasteiger partial charge in [0.05, 0.1) is 6.04 Å². The molecule has 4 atom stereocenters. The maximum absolute atomic E-state index is 5.73. The quantitative estimate of drug-likeness (QED) is 0.853. The number of nitrogens with two attached hydrogens (primary N) is 1. The molecule has 0 aromatic carbocycles. The minimum absolute atomic E-state index is 0.203. The molecule has 5 heteroatoms. The minimum atomic E-state index is -0.203. The highest BCUT2D eigenvalue weighted by molar-refractivity contribution is 5.28. The Bertz CT molecular complexity index is 376. The van der Waals surface area contributed by atoms with Crippen LogP contribution in [0, 0.1) is 11.8 Å². The van der Waals surface area contributed by atoms with E-state index in [0.29, 0.717) is 29.8 Å². The molecule has 2 heterocycles. The summed E-state index contributed by atoms with van der Waals surface area (Å²) in [6, 6.07) is 0.849. The van der Waals surface area contributed by atoms with E-state index in [1.807, 2.05) is 6.92 Å². The van der Waals surface area contributed by atoms with Crippen molar-refractivity contribution in [2.24, 2.45) is 17.6 Å². The largest absolute Gasteiger partial charge is 0.406 e. The van der Waals surface area contributed by atoms with Crippen LogP contribution in [0.4, 0.5) is 6.01 Å². The Hall–Kier alpha value is -1.10. The van der Waals surface area contributed by atoms with Crippen molar-refractivity contribution in [2.75, 3.05) is 11.4 Å². The summed E-state index contributed by atoms with van der Waals surface area (Å²) in [4.78, 5) is 2.21. The van der Waals surface area contributed by atoms with Gasteiger partial charge in [-0.25, -0.2) is 0 Å². The third kappa shape index (κ3) is 2.44. The molecule has 0 spiro atoms. The van der Waals surface area contributed by atoms with Crippen molar-refractivity contribution >= 4 is 6.01 Å². The van der Waals surface area contributed by atoms with Gasteiger partial charge < -0.3 is 15.1 Å². The number of hydrogen-bond donors (Lipinski definition) is 1. The summed E-state index contributed by atoms with van der Waals surface area (Å²) in [5.74, 6) is 1.81. The Labute approximate surface area is 102 Å². The van der Waals surface area contributed by atoms with E-state index in [1.54, 1.807) is 0 Å². The van der Waals surface area contributed by atoms with E-state index in [4.69, 9.17) is 10.2 Å². The predicted molar refractivity (Wildman–Crippen MR) is 66.7 cm³/mol. The van der Waals surface area contributed by atoms with Crippen LogP contribution in [0.3, 0.4) is 0 Å². The summed E-state index contributed by atoms with van der Waals surface area (Å²) < 4.78 is 5.63. The average molecular weight is 238 g/mol. The van der Waals surface area contributed by atoms with Gasteiger partial charge in [-0.3, -0.25) is 0 Å². The zero-order valence-electron chi connectivity index (χ0n) is 11.1. The maximum Gasteiger partial charge on any atom is 0.318 e. The van der Waals surface area contributed by atoms with Gasteiger partial charge in [0.2, 0.25) is 5.89 Å². The summed E-state index contributed by atoms with van der Waals surface area (Å²) >= 11 is 0. The van der Waals surface area contributed by atoms with Crippen molar-refractivity contribution in [3.05, 3.63) is 5.89 Å². The van der Waals surface area contributed by atoms with Crippen LogP contribution < -0.4 is 10.6 Å². The van der Waals surface area contributed by atoms with Gasteiger partial charge >= 0.3 is 6.01 Å². The molecular formula is C12H22N4O. The van der Waals surface area contributed by atoms with Crippen molar-refractivity contribution in [3.63, 3.8) is 0 Å². The van der Waals surface area contributed by atoms with Crippen LogP contribution in [-0.4, -0.2) is 22.8 Å². The van der Waals surface area contributed by atoms with Gasteiger partial charge in [-0.15, -0.1) is 5.10 Å². The Balaban J connectivity index is 2.19. The lowest BCUT2D eigenvalue weighted by Crippen LogP contribution is -2.46. The lowest BCUT2D eigenvalue weighted by molar-refractivity contribution is 0.281. The van der Waals surface area contributed by atoms with E-state index in [9.17, 15) is 0 Å². The van der Waals surface area contributed by atoms with E-state index < -0.39 is 0 Å². The zero-order chi connectivity index (χ0) is 12.6. The molecule has 1 saturated heterocycles. The van der Waals surface area contributed by atoms with Crippen LogP contribution >= 0.6 is 0 Å². The van der Waals surface area contributed by atoms with Gasteiger partial charge in [-0.1, -0.05) is 18.9 Å². The van der Waals surface area contributed by atoms with Crippen LogP contribution in [0.2, 0.25) is 0 Å². The molecule has 0 radical (unpaired) electrons. The predicted octanol–water partition coefficient (Wildman–Crippen LogP) is 1.96. The molecule has 0 saturated carbocycles. The summed E-state index contributed by atoms with van der Waals surface area (Å²) in [6.07, 6.45) is 1.26. The van der Waals surface area contributed by atoms with Crippen molar-refractivity contribution in [2.45, 2.75) is 46.2 Å². The molecule has 5 nitrogen and oxygen atoms in total. The highest BCUT2D eigenvalue weighted by Crippen LogP contribution is 2.30. The molecular weight excluding hydrogens is 216 g/mol. The number of aromatic nitrogens is 2. The van der Waals surface area contributed by atoms with Crippen LogP contribution in [0.15, 0.2) is 4.42 Å². The molecule has 2 rings (SSSR count). The number of rotatable bonds is 2. The Morgan fingerprint density at radius 3 is 2.65 bits per heavy atom. The summed E-state index contributed by atoms with van der Waals surface area (Å²) in [5.41, 5.74) is 5.73. The first kappa shape index (κ1) is 12.4. The molecule has 4 unspecified atom stereocenters. The van der Waals surface area contributed by atoms with Gasteiger partial charge in [0.1, 0.15) is 0 Å². The molecule has 0 amide bonds. The fourth-order valence-electron chi connectivity index (χ4n) is 2.49. The Morgan fingerprint density at radius 1 is 1.35 bits per heavy atom. The zero-order valence-corrected chi connectivity index (χ0v) is 11.1. The molecule has 17 heavy (non-hydrogen) atoms. The van der Waals surface area contributed by atoms with Crippen molar-refractivity contribution in [1.29, 1.82) is 0 Å². The highest BCUT2D eigenvalue weighted by atomic mass is 16.4. The van der Waals surface area contributed by atoms with Gasteiger partial charge in [0, 0.05) is 12.6 Å².